The zero-order valence-corrected chi connectivity index (χ0v) is 9.54. The van der Waals surface area contributed by atoms with Gasteiger partial charge in [0.1, 0.15) is 0 Å². The first kappa shape index (κ1) is 9.71. The van der Waals surface area contributed by atoms with Crippen LogP contribution in [0.15, 0.2) is 6.20 Å². The van der Waals surface area contributed by atoms with E-state index in [4.69, 9.17) is 0 Å². The van der Waals surface area contributed by atoms with Gasteiger partial charge in [0.05, 0.1) is 11.9 Å². The van der Waals surface area contributed by atoms with E-state index in [-0.39, 0.29) is 5.54 Å². The van der Waals surface area contributed by atoms with E-state index in [0.29, 0.717) is 0 Å². The molecule has 0 atom stereocenters. The normalized spacial score (nSPS) is 18.3. The predicted molar refractivity (Wildman–Crippen MR) is 57.1 cm³/mol. The minimum absolute atomic E-state index is 0.266. The van der Waals surface area contributed by atoms with Crippen molar-refractivity contribution in [1.82, 2.24) is 14.7 Å². The first-order chi connectivity index (χ1) is 6.48. The molecule has 0 amide bonds. The lowest BCUT2D eigenvalue weighted by Gasteiger charge is -2.38. The molecule has 0 fully saturated rings. The molecule has 0 aromatic carbocycles. The Hall–Kier alpha value is -0.830. The Morgan fingerprint density at radius 1 is 1.36 bits per heavy atom. The summed E-state index contributed by atoms with van der Waals surface area (Å²) in [5, 5.41) is 4.30. The second-order valence-corrected chi connectivity index (χ2v) is 5.08. The van der Waals surface area contributed by atoms with Crippen LogP contribution in [0.1, 0.15) is 32.0 Å². The quantitative estimate of drug-likeness (QED) is 0.623. The van der Waals surface area contributed by atoms with Gasteiger partial charge in [-0.15, -0.1) is 0 Å². The number of hydrogen-bond acceptors (Lipinski definition) is 2. The van der Waals surface area contributed by atoms with E-state index >= 15 is 0 Å². The van der Waals surface area contributed by atoms with Gasteiger partial charge in [-0.3, -0.25) is 9.58 Å². The third kappa shape index (κ3) is 1.57. The Morgan fingerprint density at radius 2 is 2.07 bits per heavy atom. The van der Waals surface area contributed by atoms with E-state index in [0.717, 1.165) is 19.5 Å². The Labute approximate surface area is 85.7 Å². The summed E-state index contributed by atoms with van der Waals surface area (Å²) < 4.78 is 2.01. The molecule has 14 heavy (non-hydrogen) atoms. The molecular weight excluding hydrogens is 174 g/mol. The lowest BCUT2D eigenvalue weighted by Crippen LogP contribution is -2.44. The van der Waals surface area contributed by atoms with Gasteiger partial charge in [-0.05, 0) is 32.8 Å². The zero-order chi connectivity index (χ0) is 10.3. The Morgan fingerprint density at radius 3 is 2.71 bits per heavy atom. The summed E-state index contributed by atoms with van der Waals surface area (Å²) in [5.41, 5.74) is 3.07. The van der Waals surface area contributed by atoms with Crippen LogP contribution in [0.3, 0.4) is 0 Å². The molecule has 1 aromatic rings. The van der Waals surface area contributed by atoms with E-state index in [1.807, 2.05) is 17.9 Å². The molecule has 78 valence electrons. The average molecular weight is 193 g/mol. The summed E-state index contributed by atoms with van der Waals surface area (Å²) in [5.74, 6) is 0. The van der Waals surface area contributed by atoms with Crippen molar-refractivity contribution in [3.63, 3.8) is 0 Å². The van der Waals surface area contributed by atoms with E-state index in [1.165, 1.54) is 11.3 Å². The standard InChI is InChI=1S/C11H19N3/c1-11(2,3)14-6-5-9-7-12-13(4)10(9)8-14/h7H,5-6,8H2,1-4H3. The highest BCUT2D eigenvalue weighted by Crippen LogP contribution is 2.24. The van der Waals surface area contributed by atoms with Crippen molar-refractivity contribution in [3.8, 4) is 0 Å². The first-order valence-electron chi connectivity index (χ1n) is 5.23. The maximum atomic E-state index is 4.30. The van der Waals surface area contributed by atoms with Gasteiger partial charge in [-0.2, -0.15) is 5.10 Å². The molecule has 0 saturated carbocycles. The lowest BCUT2D eigenvalue weighted by molar-refractivity contribution is 0.117. The summed E-state index contributed by atoms with van der Waals surface area (Å²) in [4.78, 5) is 2.51. The lowest BCUT2D eigenvalue weighted by atomic mass is 10.00. The maximum absolute atomic E-state index is 4.30. The van der Waals surface area contributed by atoms with Gasteiger partial charge < -0.3 is 0 Å². The molecule has 1 aliphatic rings. The average Bonchev–Trinajstić information content (AvgIpc) is 2.46. The second-order valence-electron chi connectivity index (χ2n) is 5.08. The fraction of sp³-hybridized carbons (Fsp3) is 0.727. The highest BCUT2D eigenvalue weighted by molar-refractivity contribution is 5.21. The molecule has 0 aliphatic carbocycles. The molecule has 0 spiro atoms. The van der Waals surface area contributed by atoms with Crippen LogP contribution in [-0.2, 0) is 20.0 Å². The molecule has 0 bridgehead atoms. The topological polar surface area (TPSA) is 21.1 Å². The van der Waals surface area contributed by atoms with Crippen molar-refractivity contribution < 1.29 is 0 Å². The van der Waals surface area contributed by atoms with Crippen LogP contribution in [0, 0.1) is 0 Å². The molecule has 3 heteroatoms. The SMILES string of the molecule is Cn1ncc2c1CN(C(C)(C)C)CC2. The third-order valence-electron chi connectivity index (χ3n) is 3.09. The van der Waals surface area contributed by atoms with E-state index in [9.17, 15) is 0 Å². The molecule has 0 N–H and O–H groups in total. The van der Waals surface area contributed by atoms with Crippen LogP contribution in [0.2, 0.25) is 0 Å². The van der Waals surface area contributed by atoms with E-state index in [1.54, 1.807) is 0 Å². The monoisotopic (exact) mass is 193 g/mol. The van der Waals surface area contributed by atoms with Crippen molar-refractivity contribution >= 4 is 0 Å². The van der Waals surface area contributed by atoms with E-state index < -0.39 is 0 Å². The summed E-state index contributed by atoms with van der Waals surface area (Å²) in [6.45, 7) is 9.01. The highest BCUT2D eigenvalue weighted by Gasteiger charge is 2.27. The van der Waals surface area contributed by atoms with Crippen LogP contribution in [0.5, 0.6) is 0 Å². The second kappa shape index (κ2) is 3.09. The van der Waals surface area contributed by atoms with E-state index in [2.05, 4.69) is 30.8 Å². The van der Waals surface area contributed by atoms with Gasteiger partial charge >= 0.3 is 0 Å². The first-order valence-corrected chi connectivity index (χ1v) is 5.23. The fourth-order valence-corrected chi connectivity index (χ4v) is 2.01. The van der Waals surface area contributed by atoms with Gasteiger partial charge in [0.15, 0.2) is 0 Å². The minimum Gasteiger partial charge on any atom is -0.292 e. The zero-order valence-electron chi connectivity index (χ0n) is 9.54. The number of aryl methyl sites for hydroxylation is 1. The molecule has 2 rings (SSSR count). The van der Waals surface area contributed by atoms with Crippen LogP contribution >= 0.6 is 0 Å². The molecule has 1 aliphatic heterocycles. The number of rotatable bonds is 0. The largest absolute Gasteiger partial charge is 0.292 e. The van der Waals surface area contributed by atoms with Crippen LogP contribution in [0.25, 0.3) is 0 Å². The molecule has 1 aromatic heterocycles. The minimum atomic E-state index is 0.266. The Balaban J connectivity index is 2.24. The van der Waals surface area contributed by atoms with Crippen molar-refractivity contribution in [1.29, 1.82) is 0 Å². The third-order valence-corrected chi connectivity index (χ3v) is 3.09. The number of nitrogens with zero attached hydrogens (tertiary/aromatic N) is 3. The van der Waals surface area contributed by atoms with Crippen molar-refractivity contribution in [3.05, 3.63) is 17.5 Å². The molecule has 0 saturated heterocycles. The molecule has 3 nitrogen and oxygen atoms in total. The van der Waals surface area contributed by atoms with Crippen molar-refractivity contribution in [2.75, 3.05) is 6.54 Å². The number of fused-ring (bicyclic) bond motifs is 1. The Bertz CT molecular complexity index is 333. The summed E-state index contributed by atoms with van der Waals surface area (Å²) in [6.07, 6.45) is 3.15. The molecule has 0 unspecified atom stereocenters. The van der Waals surface area contributed by atoms with Crippen LogP contribution in [-0.4, -0.2) is 26.8 Å². The fourth-order valence-electron chi connectivity index (χ4n) is 2.01. The Kier molecular flexibility index (Phi) is 2.14. The molecular formula is C11H19N3. The molecule has 2 heterocycles. The molecule has 0 radical (unpaired) electrons. The van der Waals surface area contributed by atoms with Gasteiger partial charge in [0.25, 0.3) is 0 Å². The van der Waals surface area contributed by atoms with Crippen LogP contribution in [0.4, 0.5) is 0 Å². The highest BCUT2D eigenvalue weighted by atomic mass is 15.3. The van der Waals surface area contributed by atoms with Gasteiger partial charge in [-0.1, -0.05) is 0 Å². The predicted octanol–water partition coefficient (Wildman–Crippen LogP) is 1.58. The maximum Gasteiger partial charge on any atom is 0.0553 e. The smallest absolute Gasteiger partial charge is 0.0553 e. The van der Waals surface area contributed by atoms with Gasteiger partial charge in [0.2, 0.25) is 0 Å². The van der Waals surface area contributed by atoms with Gasteiger partial charge in [0, 0.05) is 25.7 Å². The summed E-state index contributed by atoms with van der Waals surface area (Å²) in [7, 11) is 2.03. The summed E-state index contributed by atoms with van der Waals surface area (Å²) in [6, 6.07) is 0. The van der Waals surface area contributed by atoms with Crippen molar-refractivity contribution in [2.45, 2.75) is 39.3 Å². The van der Waals surface area contributed by atoms with Crippen LogP contribution < -0.4 is 0 Å². The number of hydrogen-bond donors (Lipinski definition) is 0. The van der Waals surface area contributed by atoms with Crippen molar-refractivity contribution in [2.24, 2.45) is 7.05 Å². The summed E-state index contributed by atoms with van der Waals surface area (Å²) >= 11 is 0. The number of aromatic nitrogens is 2. The van der Waals surface area contributed by atoms with Gasteiger partial charge in [-0.25, -0.2) is 0 Å².